The smallest absolute Gasteiger partial charge is 0.231 e. The summed E-state index contributed by atoms with van der Waals surface area (Å²) in [6.45, 7) is 8.63. The number of aryl methyl sites for hydroxylation is 1. The molecule has 3 aromatic rings. The molecule has 0 atom stereocenters. The number of rotatable bonds is 5. The fourth-order valence-corrected chi connectivity index (χ4v) is 4.73. The second-order valence-corrected chi connectivity index (χ2v) is 8.61. The first-order valence-corrected chi connectivity index (χ1v) is 11.0. The van der Waals surface area contributed by atoms with Crippen molar-refractivity contribution in [3.05, 3.63) is 64.7 Å². The lowest BCUT2D eigenvalue weighted by atomic mass is 10.1. The van der Waals surface area contributed by atoms with Gasteiger partial charge >= 0.3 is 0 Å². The van der Waals surface area contributed by atoms with E-state index < -0.39 is 0 Å². The normalized spacial score (nSPS) is 17.0. The molecule has 2 aliphatic rings. The minimum atomic E-state index is 0.333. The summed E-state index contributed by atoms with van der Waals surface area (Å²) < 4.78 is 10.9. The van der Waals surface area contributed by atoms with Crippen molar-refractivity contribution in [1.29, 1.82) is 0 Å². The van der Waals surface area contributed by atoms with Gasteiger partial charge in [0, 0.05) is 50.2 Å². The van der Waals surface area contributed by atoms with Gasteiger partial charge in [0.2, 0.25) is 6.79 Å². The summed E-state index contributed by atoms with van der Waals surface area (Å²) in [6.07, 6.45) is 0. The molecule has 2 aromatic carbocycles. The second kappa shape index (κ2) is 8.14. The van der Waals surface area contributed by atoms with Gasteiger partial charge in [0.05, 0.1) is 5.69 Å². The lowest BCUT2D eigenvalue weighted by Gasteiger charge is -2.34. The summed E-state index contributed by atoms with van der Waals surface area (Å²) in [6, 6.07) is 14.8. The van der Waals surface area contributed by atoms with Crippen molar-refractivity contribution in [2.24, 2.45) is 0 Å². The highest BCUT2D eigenvalue weighted by molar-refractivity contribution is 7.13. The maximum Gasteiger partial charge on any atom is 0.231 e. The fraction of sp³-hybridized carbons (Fsp3) is 0.348. The zero-order valence-electron chi connectivity index (χ0n) is 16.6. The Balaban J connectivity index is 1.14. The Kier molecular flexibility index (Phi) is 5.23. The number of ether oxygens (including phenoxy) is 2. The number of thiazole rings is 1. The molecule has 3 heterocycles. The number of aromatic nitrogens is 1. The molecule has 0 unspecified atom stereocenters. The molecule has 0 saturated carbocycles. The molecule has 0 amide bonds. The van der Waals surface area contributed by atoms with Gasteiger partial charge in [-0.1, -0.05) is 29.8 Å². The van der Waals surface area contributed by atoms with Crippen molar-refractivity contribution >= 4 is 11.3 Å². The molecule has 0 radical (unpaired) electrons. The maximum absolute atomic E-state index is 5.50. The van der Waals surface area contributed by atoms with Crippen LogP contribution in [0.1, 0.15) is 16.8 Å². The molecule has 0 N–H and O–H groups in total. The van der Waals surface area contributed by atoms with Crippen molar-refractivity contribution < 1.29 is 9.47 Å². The minimum Gasteiger partial charge on any atom is -0.454 e. The summed E-state index contributed by atoms with van der Waals surface area (Å²) in [5.74, 6) is 1.72. The molecule has 0 spiro atoms. The van der Waals surface area contributed by atoms with Gasteiger partial charge in [-0.25, -0.2) is 4.98 Å². The summed E-state index contributed by atoms with van der Waals surface area (Å²) in [7, 11) is 0. The Hall–Kier alpha value is -2.41. The first-order chi connectivity index (χ1) is 14.2. The number of benzene rings is 2. The van der Waals surface area contributed by atoms with Gasteiger partial charge in [0.1, 0.15) is 5.01 Å². The summed E-state index contributed by atoms with van der Waals surface area (Å²) in [5.41, 5.74) is 4.95. The van der Waals surface area contributed by atoms with Gasteiger partial charge in [0.15, 0.2) is 11.5 Å². The molecule has 5 rings (SSSR count). The summed E-state index contributed by atoms with van der Waals surface area (Å²) >= 11 is 1.74. The van der Waals surface area contributed by atoms with Crippen LogP contribution in [0.4, 0.5) is 0 Å². The molecular formula is C23H25N3O2S. The number of piperazine rings is 1. The van der Waals surface area contributed by atoms with E-state index in [1.807, 2.05) is 6.07 Å². The quantitative estimate of drug-likeness (QED) is 0.635. The first-order valence-electron chi connectivity index (χ1n) is 10.1. The van der Waals surface area contributed by atoms with Crippen LogP contribution in [0.15, 0.2) is 47.8 Å². The summed E-state index contributed by atoms with van der Waals surface area (Å²) in [4.78, 5) is 9.89. The Bertz CT molecular complexity index is 995. The van der Waals surface area contributed by atoms with Crippen molar-refractivity contribution in [3.63, 3.8) is 0 Å². The van der Waals surface area contributed by atoms with Crippen LogP contribution in [0.3, 0.4) is 0 Å². The Morgan fingerprint density at radius 2 is 1.72 bits per heavy atom. The lowest BCUT2D eigenvalue weighted by molar-refractivity contribution is 0.121. The fourth-order valence-electron chi connectivity index (χ4n) is 3.92. The number of fused-ring (bicyclic) bond motifs is 1. The molecule has 1 fully saturated rings. The largest absolute Gasteiger partial charge is 0.454 e. The molecule has 0 aliphatic carbocycles. The van der Waals surface area contributed by atoms with Crippen LogP contribution in [0.5, 0.6) is 11.5 Å². The van der Waals surface area contributed by atoms with E-state index in [9.17, 15) is 0 Å². The third-order valence-corrected chi connectivity index (χ3v) is 6.45. The van der Waals surface area contributed by atoms with Crippen molar-refractivity contribution in [1.82, 2.24) is 14.8 Å². The predicted octanol–water partition coefficient (Wildman–Crippen LogP) is 4.17. The highest BCUT2D eigenvalue weighted by Gasteiger charge is 2.20. The third-order valence-electron chi connectivity index (χ3n) is 5.51. The molecule has 5 nitrogen and oxygen atoms in total. The van der Waals surface area contributed by atoms with Gasteiger partial charge in [-0.05, 0) is 30.7 Å². The molecule has 0 bridgehead atoms. The highest BCUT2D eigenvalue weighted by atomic mass is 32.1. The van der Waals surface area contributed by atoms with Crippen LogP contribution in [-0.2, 0) is 13.1 Å². The van der Waals surface area contributed by atoms with Crippen molar-refractivity contribution in [2.45, 2.75) is 20.0 Å². The number of nitrogens with zero attached hydrogens (tertiary/aromatic N) is 3. The topological polar surface area (TPSA) is 37.8 Å². The van der Waals surface area contributed by atoms with E-state index in [1.54, 1.807) is 11.3 Å². The Morgan fingerprint density at radius 3 is 2.55 bits per heavy atom. The van der Waals surface area contributed by atoms with Gasteiger partial charge in [0.25, 0.3) is 0 Å². The van der Waals surface area contributed by atoms with Gasteiger partial charge in [-0.15, -0.1) is 11.3 Å². The number of hydrogen-bond acceptors (Lipinski definition) is 6. The molecule has 6 heteroatoms. The predicted molar refractivity (Wildman–Crippen MR) is 115 cm³/mol. The molecule has 29 heavy (non-hydrogen) atoms. The van der Waals surface area contributed by atoms with E-state index in [0.717, 1.165) is 55.8 Å². The molecule has 1 aromatic heterocycles. The van der Waals surface area contributed by atoms with Crippen LogP contribution < -0.4 is 9.47 Å². The first kappa shape index (κ1) is 18.6. The lowest BCUT2D eigenvalue weighted by Crippen LogP contribution is -2.45. The standard InChI is InChI=1S/C23H25N3O2S/c1-17-3-2-4-19(11-17)23-24-20(15-29-23)14-26-9-7-25(8-10-26)13-18-5-6-21-22(12-18)28-16-27-21/h2-6,11-12,15H,7-10,13-14,16H2,1H3. The molecule has 2 aliphatic heterocycles. The van der Waals surface area contributed by atoms with E-state index in [-0.39, 0.29) is 0 Å². The average molecular weight is 408 g/mol. The molecule has 150 valence electrons. The SMILES string of the molecule is Cc1cccc(-c2nc(CN3CCN(Cc4ccc5c(c4)OCO5)CC3)cs2)c1. The van der Waals surface area contributed by atoms with E-state index in [2.05, 4.69) is 58.5 Å². The minimum absolute atomic E-state index is 0.333. The second-order valence-electron chi connectivity index (χ2n) is 7.75. The van der Waals surface area contributed by atoms with Crippen LogP contribution in [0.25, 0.3) is 10.6 Å². The van der Waals surface area contributed by atoms with Gasteiger partial charge in [-0.2, -0.15) is 0 Å². The van der Waals surface area contributed by atoms with Gasteiger partial charge in [-0.3, -0.25) is 9.80 Å². The molecular weight excluding hydrogens is 382 g/mol. The Morgan fingerprint density at radius 1 is 0.931 bits per heavy atom. The monoisotopic (exact) mass is 407 g/mol. The van der Waals surface area contributed by atoms with Crippen molar-refractivity contribution in [2.75, 3.05) is 33.0 Å². The zero-order valence-corrected chi connectivity index (χ0v) is 17.5. The zero-order chi connectivity index (χ0) is 19.6. The average Bonchev–Trinajstić information content (AvgIpc) is 3.39. The summed E-state index contributed by atoms with van der Waals surface area (Å²) in [5, 5.41) is 3.32. The maximum atomic E-state index is 5.50. The molecule has 1 saturated heterocycles. The Labute approximate surface area is 175 Å². The van der Waals surface area contributed by atoms with Crippen LogP contribution in [-0.4, -0.2) is 47.8 Å². The van der Waals surface area contributed by atoms with Crippen LogP contribution in [0, 0.1) is 6.92 Å². The van der Waals surface area contributed by atoms with Crippen molar-refractivity contribution in [3.8, 4) is 22.1 Å². The van der Waals surface area contributed by atoms with E-state index in [4.69, 9.17) is 14.5 Å². The number of hydrogen-bond donors (Lipinski definition) is 0. The van der Waals surface area contributed by atoms with E-state index in [1.165, 1.54) is 22.4 Å². The van der Waals surface area contributed by atoms with Gasteiger partial charge < -0.3 is 9.47 Å². The third kappa shape index (κ3) is 4.29. The van der Waals surface area contributed by atoms with Crippen LogP contribution in [0.2, 0.25) is 0 Å². The highest BCUT2D eigenvalue weighted by Crippen LogP contribution is 2.33. The van der Waals surface area contributed by atoms with E-state index in [0.29, 0.717) is 6.79 Å². The van der Waals surface area contributed by atoms with Crippen LogP contribution >= 0.6 is 11.3 Å². The van der Waals surface area contributed by atoms with E-state index >= 15 is 0 Å².